The van der Waals surface area contributed by atoms with Gasteiger partial charge in [-0.05, 0) is 29.2 Å². The summed E-state index contributed by atoms with van der Waals surface area (Å²) in [6, 6.07) is 16.0. The Hall–Kier alpha value is -3.35. The number of amidine groups is 1. The number of nitrogens with zero attached hydrogens (tertiary/aromatic N) is 4. The fraction of sp³-hybridized carbons (Fsp3) is 0.250. The van der Waals surface area contributed by atoms with E-state index in [4.69, 9.17) is 4.99 Å². The average molecular weight is 358 g/mol. The zero-order chi connectivity index (χ0) is 18.3. The van der Waals surface area contributed by atoms with Gasteiger partial charge < -0.3 is 5.32 Å². The van der Waals surface area contributed by atoms with Crippen LogP contribution in [0.2, 0.25) is 0 Å². The third-order valence-electron chi connectivity index (χ3n) is 5.39. The van der Waals surface area contributed by atoms with Crippen molar-refractivity contribution >= 4 is 11.7 Å². The number of carbonyl (C=O) groups is 1. The summed E-state index contributed by atoms with van der Waals surface area (Å²) in [5.74, 6) is 1.28. The van der Waals surface area contributed by atoms with Crippen LogP contribution in [0.25, 0.3) is 22.5 Å². The van der Waals surface area contributed by atoms with Gasteiger partial charge in [0.2, 0.25) is 5.82 Å². The highest BCUT2D eigenvalue weighted by Gasteiger charge is 2.45. The molecule has 134 valence electrons. The Kier molecular flexibility index (Phi) is 3.60. The molecule has 7 nitrogen and oxygen atoms in total. The van der Waals surface area contributed by atoms with E-state index in [1.54, 1.807) is 0 Å². The quantitative estimate of drug-likeness (QED) is 0.752. The first-order valence-electron chi connectivity index (χ1n) is 9.10. The van der Waals surface area contributed by atoms with Crippen LogP contribution in [0.1, 0.15) is 31.2 Å². The molecule has 2 aromatic carbocycles. The maximum absolute atomic E-state index is 12.4. The number of tetrazole rings is 1. The second-order valence-corrected chi connectivity index (χ2v) is 7.01. The normalized spacial score (nSPS) is 17.9. The summed E-state index contributed by atoms with van der Waals surface area (Å²) in [5.41, 5.74) is 3.37. The predicted molar refractivity (Wildman–Crippen MR) is 101 cm³/mol. The molecule has 27 heavy (non-hydrogen) atoms. The summed E-state index contributed by atoms with van der Waals surface area (Å²) < 4.78 is 0. The number of carbonyl (C=O) groups excluding carboxylic acids is 1. The number of amides is 1. The molecule has 1 fully saturated rings. The monoisotopic (exact) mass is 358 g/mol. The van der Waals surface area contributed by atoms with E-state index in [0.717, 1.165) is 47.9 Å². The average Bonchev–Trinajstić information content (AvgIpc) is 3.46. The smallest absolute Gasteiger partial charge is 0.253 e. The molecule has 1 saturated carbocycles. The Balaban J connectivity index is 1.48. The summed E-state index contributed by atoms with van der Waals surface area (Å²) >= 11 is 0. The van der Waals surface area contributed by atoms with Gasteiger partial charge in [0.15, 0.2) is 0 Å². The molecule has 2 N–H and O–H groups in total. The fourth-order valence-electron chi connectivity index (χ4n) is 3.97. The molecule has 0 saturated heterocycles. The van der Waals surface area contributed by atoms with Crippen molar-refractivity contribution in [2.45, 2.75) is 31.2 Å². The maximum Gasteiger partial charge on any atom is 0.253 e. The van der Waals surface area contributed by atoms with Crippen molar-refractivity contribution in [1.29, 1.82) is 0 Å². The van der Waals surface area contributed by atoms with E-state index in [2.05, 4.69) is 25.9 Å². The number of aromatic amines is 1. The van der Waals surface area contributed by atoms with Gasteiger partial charge in [0, 0.05) is 11.1 Å². The molecule has 1 aliphatic carbocycles. The fourth-order valence-corrected chi connectivity index (χ4v) is 3.97. The predicted octanol–water partition coefficient (Wildman–Crippen LogP) is 2.72. The molecular weight excluding hydrogens is 340 g/mol. The molecule has 5 rings (SSSR count). The van der Waals surface area contributed by atoms with E-state index in [1.165, 1.54) is 0 Å². The lowest BCUT2D eigenvalue weighted by atomic mass is 9.98. The zero-order valence-electron chi connectivity index (χ0n) is 14.6. The molecule has 0 bridgehead atoms. The van der Waals surface area contributed by atoms with Crippen LogP contribution in [0.4, 0.5) is 0 Å². The number of aliphatic imine (C=N–C) groups is 1. The maximum atomic E-state index is 12.4. The molecule has 1 aliphatic heterocycles. The molecular formula is C20H18N6O. The number of rotatable bonds is 3. The van der Waals surface area contributed by atoms with E-state index in [1.807, 2.05) is 48.5 Å². The van der Waals surface area contributed by atoms with Crippen LogP contribution in [0.3, 0.4) is 0 Å². The molecule has 1 amide bonds. The van der Waals surface area contributed by atoms with Gasteiger partial charge in [0.05, 0.1) is 0 Å². The summed E-state index contributed by atoms with van der Waals surface area (Å²) in [4.78, 5) is 17.2. The molecule has 0 radical (unpaired) electrons. The highest BCUT2D eigenvalue weighted by Crippen LogP contribution is 2.37. The Morgan fingerprint density at radius 2 is 1.59 bits per heavy atom. The van der Waals surface area contributed by atoms with Gasteiger partial charge in [-0.1, -0.05) is 61.4 Å². The molecule has 0 unspecified atom stereocenters. The number of hydrogen-bond acceptors (Lipinski definition) is 5. The summed E-state index contributed by atoms with van der Waals surface area (Å²) in [5, 5.41) is 17.3. The Labute approximate surface area is 155 Å². The van der Waals surface area contributed by atoms with E-state index in [0.29, 0.717) is 11.7 Å². The second-order valence-electron chi connectivity index (χ2n) is 7.01. The van der Waals surface area contributed by atoms with Crippen molar-refractivity contribution in [3.8, 4) is 22.5 Å². The zero-order valence-corrected chi connectivity index (χ0v) is 14.6. The van der Waals surface area contributed by atoms with E-state index in [-0.39, 0.29) is 5.91 Å². The summed E-state index contributed by atoms with van der Waals surface area (Å²) in [6.45, 7) is 0. The summed E-state index contributed by atoms with van der Waals surface area (Å²) in [6.07, 6.45) is 3.82. The van der Waals surface area contributed by atoms with Gasteiger partial charge in [-0.25, -0.2) is 0 Å². The third-order valence-corrected chi connectivity index (χ3v) is 5.39. The molecule has 0 atom stereocenters. The number of hydrogen-bond donors (Lipinski definition) is 2. The SMILES string of the molecule is O=C1NC(c2ccc(-c3ccccc3-c3nn[nH]n3)cc2)=NC12CCCC2. The van der Waals surface area contributed by atoms with Crippen LogP contribution in [0.15, 0.2) is 53.5 Å². The van der Waals surface area contributed by atoms with Crippen molar-refractivity contribution in [2.24, 2.45) is 4.99 Å². The highest BCUT2D eigenvalue weighted by molar-refractivity contribution is 6.15. The van der Waals surface area contributed by atoms with Gasteiger partial charge in [-0.3, -0.25) is 9.79 Å². The van der Waals surface area contributed by atoms with Crippen LogP contribution in [0.5, 0.6) is 0 Å². The van der Waals surface area contributed by atoms with Gasteiger partial charge in [-0.15, -0.1) is 10.2 Å². The van der Waals surface area contributed by atoms with E-state index in [9.17, 15) is 4.79 Å². The van der Waals surface area contributed by atoms with Gasteiger partial charge >= 0.3 is 0 Å². The first-order valence-corrected chi connectivity index (χ1v) is 9.10. The van der Waals surface area contributed by atoms with Crippen LogP contribution in [0, 0.1) is 0 Å². The standard InChI is InChI=1S/C20H18N6O/c27-19-20(11-3-4-12-20)22-17(21-19)14-9-7-13(8-10-14)15-5-1-2-6-16(15)18-23-25-26-24-18/h1-2,5-10H,3-4,11-12H2,(H,21,22,27)(H,23,24,25,26). The minimum Gasteiger partial charge on any atom is -0.308 e. The largest absolute Gasteiger partial charge is 0.308 e. The lowest BCUT2D eigenvalue weighted by Crippen LogP contribution is -2.37. The lowest BCUT2D eigenvalue weighted by Gasteiger charge is -2.14. The minimum absolute atomic E-state index is 0.0431. The molecule has 7 heteroatoms. The molecule has 1 spiro atoms. The van der Waals surface area contributed by atoms with Gasteiger partial charge in [0.25, 0.3) is 5.91 Å². The van der Waals surface area contributed by atoms with Crippen molar-refractivity contribution < 1.29 is 4.79 Å². The molecule has 3 aromatic rings. The highest BCUT2D eigenvalue weighted by atomic mass is 16.2. The lowest BCUT2D eigenvalue weighted by molar-refractivity contribution is -0.123. The number of H-pyrrole nitrogens is 1. The van der Waals surface area contributed by atoms with Crippen LogP contribution < -0.4 is 5.32 Å². The minimum atomic E-state index is -0.529. The Morgan fingerprint density at radius 3 is 2.30 bits per heavy atom. The third kappa shape index (κ3) is 2.63. The summed E-state index contributed by atoms with van der Waals surface area (Å²) in [7, 11) is 0. The molecule has 2 heterocycles. The number of benzene rings is 2. The van der Waals surface area contributed by atoms with Gasteiger partial charge in [-0.2, -0.15) is 5.21 Å². The Bertz CT molecular complexity index is 1020. The van der Waals surface area contributed by atoms with Crippen molar-refractivity contribution in [3.63, 3.8) is 0 Å². The van der Waals surface area contributed by atoms with Crippen molar-refractivity contribution in [1.82, 2.24) is 25.9 Å². The molecule has 1 aromatic heterocycles. The van der Waals surface area contributed by atoms with E-state index >= 15 is 0 Å². The van der Waals surface area contributed by atoms with Crippen molar-refractivity contribution in [3.05, 3.63) is 54.1 Å². The second kappa shape index (κ2) is 6.12. The first kappa shape index (κ1) is 15.9. The topological polar surface area (TPSA) is 95.9 Å². The van der Waals surface area contributed by atoms with E-state index < -0.39 is 5.54 Å². The van der Waals surface area contributed by atoms with Crippen LogP contribution >= 0.6 is 0 Å². The van der Waals surface area contributed by atoms with Crippen molar-refractivity contribution in [2.75, 3.05) is 0 Å². The van der Waals surface area contributed by atoms with Crippen LogP contribution in [-0.4, -0.2) is 37.9 Å². The molecule has 2 aliphatic rings. The number of aromatic nitrogens is 4. The van der Waals surface area contributed by atoms with Gasteiger partial charge in [0.1, 0.15) is 11.4 Å². The van der Waals surface area contributed by atoms with Crippen LogP contribution in [-0.2, 0) is 4.79 Å². The number of nitrogens with one attached hydrogen (secondary N) is 2. The first-order chi connectivity index (χ1) is 13.3. The Morgan fingerprint density at radius 1 is 0.889 bits per heavy atom.